The SMILES string of the molecule is CC(C)(CCO)CNC(=O)NCc1ccccc1. The van der Waals surface area contributed by atoms with Crippen molar-refractivity contribution in [2.75, 3.05) is 13.2 Å². The number of aliphatic hydroxyl groups excluding tert-OH is 1. The fourth-order valence-corrected chi connectivity index (χ4v) is 1.55. The second-order valence-electron chi connectivity index (χ2n) is 5.16. The van der Waals surface area contributed by atoms with E-state index in [-0.39, 0.29) is 18.1 Å². The largest absolute Gasteiger partial charge is 0.396 e. The zero-order chi connectivity index (χ0) is 13.4. The van der Waals surface area contributed by atoms with Gasteiger partial charge in [-0.15, -0.1) is 0 Å². The maximum atomic E-state index is 11.6. The van der Waals surface area contributed by atoms with Crippen LogP contribution in [-0.4, -0.2) is 24.3 Å². The first-order valence-corrected chi connectivity index (χ1v) is 6.20. The standard InChI is InChI=1S/C14H22N2O2/c1-14(2,8-9-17)11-16-13(18)15-10-12-6-4-3-5-7-12/h3-7,17H,8-11H2,1-2H3,(H2,15,16,18). The van der Waals surface area contributed by atoms with Crippen molar-refractivity contribution in [1.29, 1.82) is 0 Å². The van der Waals surface area contributed by atoms with Gasteiger partial charge in [0.25, 0.3) is 0 Å². The highest BCUT2D eigenvalue weighted by Crippen LogP contribution is 2.17. The number of carbonyl (C=O) groups excluding carboxylic acids is 1. The lowest BCUT2D eigenvalue weighted by atomic mass is 9.90. The van der Waals surface area contributed by atoms with Crippen molar-refractivity contribution in [3.8, 4) is 0 Å². The number of nitrogens with one attached hydrogen (secondary N) is 2. The van der Waals surface area contributed by atoms with E-state index in [0.29, 0.717) is 19.5 Å². The van der Waals surface area contributed by atoms with E-state index in [2.05, 4.69) is 10.6 Å². The molecule has 0 atom stereocenters. The number of amides is 2. The molecule has 0 aromatic heterocycles. The first-order chi connectivity index (χ1) is 8.53. The molecule has 0 aliphatic rings. The number of benzene rings is 1. The number of urea groups is 1. The fourth-order valence-electron chi connectivity index (χ4n) is 1.55. The van der Waals surface area contributed by atoms with E-state index in [1.807, 2.05) is 44.2 Å². The van der Waals surface area contributed by atoms with E-state index in [1.54, 1.807) is 0 Å². The Morgan fingerprint density at radius 3 is 2.50 bits per heavy atom. The van der Waals surface area contributed by atoms with Gasteiger partial charge >= 0.3 is 6.03 Å². The monoisotopic (exact) mass is 250 g/mol. The number of carbonyl (C=O) groups is 1. The summed E-state index contributed by atoms with van der Waals surface area (Å²) in [6, 6.07) is 9.59. The normalized spacial score (nSPS) is 11.1. The molecule has 4 nitrogen and oxygen atoms in total. The smallest absolute Gasteiger partial charge is 0.315 e. The summed E-state index contributed by atoms with van der Waals surface area (Å²) in [7, 11) is 0. The molecule has 0 aliphatic heterocycles. The van der Waals surface area contributed by atoms with Gasteiger partial charge in [-0.05, 0) is 17.4 Å². The number of hydrogen-bond donors (Lipinski definition) is 3. The second-order valence-corrected chi connectivity index (χ2v) is 5.16. The number of hydrogen-bond acceptors (Lipinski definition) is 2. The van der Waals surface area contributed by atoms with Gasteiger partial charge in [-0.25, -0.2) is 4.79 Å². The summed E-state index contributed by atoms with van der Waals surface area (Å²) in [4.78, 5) is 11.6. The zero-order valence-electron chi connectivity index (χ0n) is 11.1. The third kappa shape index (κ3) is 5.68. The molecule has 0 aliphatic carbocycles. The second kappa shape index (κ2) is 7.01. The Balaban J connectivity index is 2.26. The molecule has 1 aromatic carbocycles. The predicted octanol–water partition coefficient (Wildman–Crippen LogP) is 1.89. The molecule has 0 fully saturated rings. The lowest BCUT2D eigenvalue weighted by molar-refractivity contribution is 0.201. The third-order valence-electron chi connectivity index (χ3n) is 2.81. The molecule has 1 rings (SSSR count). The molecule has 0 bridgehead atoms. The Morgan fingerprint density at radius 2 is 1.89 bits per heavy atom. The number of rotatable bonds is 6. The lowest BCUT2D eigenvalue weighted by Crippen LogP contribution is -2.40. The van der Waals surface area contributed by atoms with Gasteiger partial charge in [0.15, 0.2) is 0 Å². The molecule has 1 aromatic rings. The van der Waals surface area contributed by atoms with Crippen molar-refractivity contribution in [2.24, 2.45) is 5.41 Å². The molecule has 4 heteroatoms. The Bertz CT molecular complexity index is 363. The minimum Gasteiger partial charge on any atom is -0.396 e. The average molecular weight is 250 g/mol. The summed E-state index contributed by atoms with van der Waals surface area (Å²) in [6.45, 7) is 5.24. The van der Waals surface area contributed by atoms with Crippen LogP contribution >= 0.6 is 0 Å². The van der Waals surface area contributed by atoms with Gasteiger partial charge in [-0.2, -0.15) is 0 Å². The lowest BCUT2D eigenvalue weighted by Gasteiger charge is -2.23. The van der Waals surface area contributed by atoms with E-state index in [0.717, 1.165) is 5.56 Å². The van der Waals surface area contributed by atoms with Crippen molar-refractivity contribution in [1.82, 2.24) is 10.6 Å². The summed E-state index contributed by atoms with van der Waals surface area (Å²) in [5.41, 5.74) is 0.987. The Hall–Kier alpha value is -1.55. The Labute approximate surface area is 108 Å². The summed E-state index contributed by atoms with van der Waals surface area (Å²) in [6.07, 6.45) is 0.673. The Morgan fingerprint density at radius 1 is 1.22 bits per heavy atom. The van der Waals surface area contributed by atoms with Crippen LogP contribution in [0.25, 0.3) is 0 Å². The van der Waals surface area contributed by atoms with Gasteiger partial charge < -0.3 is 15.7 Å². The topological polar surface area (TPSA) is 61.4 Å². The van der Waals surface area contributed by atoms with Gasteiger partial charge in [-0.1, -0.05) is 44.2 Å². The number of aliphatic hydroxyl groups is 1. The van der Waals surface area contributed by atoms with Crippen LogP contribution < -0.4 is 10.6 Å². The molecule has 0 unspecified atom stereocenters. The molecule has 0 heterocycles. The van der Waals surface area contributed by atoms with Gasteiger partial charge in [-0.3, -0.25) is 0 Å². The van der Waals surface area contributed by atoms with Crippen LogP contribution in [0.5, 0.6) is 0 Å². The molecule has 18 heavy (non-hydrogen) atoms. The van der Waals surface area contributed by atoms with Crippen molar-refractivity contribution >= 4 is 6.03 Å². The van der Waals surface area contributed by atoms with E-state index in [9.17, 15) is 4.79 Å². The van der Waals surface area contributed by atoms with Crippen molar-refractivity contribution in [2.45, 2.75) is 26.8 Å². The van der Waals surface area contributed by atoms with Crippen LogP contribution in [0, 0.1) is 5.41 Å². The summed E-state index contributed by atoms with van der Waals surface area (Å²) >= 11 is 0. The summed E-state index contributed by atoms with van der Waals surface area (Å²) in [5, 5.41) is 14.5. The van der Waals surface area contributed by atoms with Crippen LogP contribution in [0.2, 0.25) is 0 Å². The molecular formula is C14H22N2O2. The van der Waals surface area contributed by atoms with Crippen LogP contribution in [0.4, 0.5) is 4.79 Å². The minimum atomic E-state index is -0.176. The first-order valence-electron chi connectivity index (χ1n) is 6.20. The zero-order valence-corrected chi connectivity index (χ0v) is 11.1. The van der Waals surface area contributed by atoms with Crippen LogP contribution in [-0.2, 0) is 6.54 Å². The molecule has 3 N–H and O–H groups in total. The van der Waals surface area contributed by atoms with Gasteiger partial charge in [0, 0.05) is 19.7 Å². The van der Waals surface area contributed by atoms with Gasteiger partial charge in [0.2, 0.25) is 0 Å². The summed E-state index contributed by atoms with van der Waals surface area (Å²) < 4.78 is 0. The maximum absolute atomic E-state index is 11.6. The predicted molar refractivity (Wildman–Crippen MR) is 72.2 cm³/mol. The molecule has 0 saturated heterocycles. The molecular weight excluding hydrogens is 228 g/mol. The average Bonchev–Trinajstić information content (AvgIpc) is 2.35. The van der Waals surface area contributed by atoms with Crippen molar-refractivity contribution < 1.29 is 9.90 Å². The highest BCUT2D eigenvalue weighted by Gasteiger charge is 2.17. The van der Waals surface area contributed by atoms with Gasteiger partial charge in [0.1, 0.15) is 0 Å². The van der Waals surface area contributed by atoms with Crippen LogP contribution in [0.15, 0.2) is 30.3 Å². The highest BCUT2D eigenvalue weighted by molar-refractivity contribution is 5.73. The summed E-state index contributed by atoms with van der Waals surface area (Å²) in [5.74, 6) is 0. The maximum Gasteiger partial charge on any atom is 0.315 e. The quantitative estimate of drug-likeness (QED) is 0.722. The Kier molecular flexibility index (Phi) is 5.65. The van der Waals surface area contributed by atoms with E-state index in [4.69, 9.17) is 5.11 Å². The third-order valence-corrected chi connectivity index (χ3v) is 2.81. The van der Waals surface area contributed by atoms with Crippen molar-refractivity contribution in [3.05, 3.63) is 35.9 Å². The molecule has 2 amide bonds. The molecule has 0 saturated carbocycles. The fraction of sp³-hybridized carbons (Fsp3) is 0.500. The first kappa shape index (κ1) is 14.5. The van der Waals surface area contributed by atoms with Crippen molar-refractivity contribution in [3.63, 3.8) is 0 Å². The minimum absolute atomic E-state index is 0.0845. The van der Waals surface area contributed by atoms with Crippen LogP contribution in [0.3, 0.4) is 0 Å². The highest BCUT2D eigenvalue weighted by atomic mass is 16.3. The van der Waals surface area contributed by atoms with E-state index >= 15 is 0 Å². The van der Waals surface area contributed by atoms with E-state index < -0.39 is 0 Å². The molecule has 100 valence electrons. The molecule has 0 radical (unpaired) electrons. The van der Waals surface area contributed by atoms with Crippen LogP contribution in [0.1, 0.15) is 25.8 Å². The van der Waals surface area contributed by atoms with Gasteiger partial charge in [0.05, 0.1) is 0 Å². The van der Waals surface area contributed by atoms with E-state index in [1.165, 1.54) is 0 Å². The molecule has 0 spiro atoms.